The number of hydrogen-bond donors (Lipinski definition) is 1. The van der Waals surface area contributed by atoms with Gasteiger partial charge < -0.3 is 5.32 Å². The molecule has 9 heteroatoms. The van der Waals surface area contributed by atoms with Crippen LogP contribution >= 0.6 is 23.4 Å². The molecule has 0 aromatic carbocycles. The van der Waals surface area contributed by atoms with Gasteiger partial charge in [0.1, 0.15) is 10.8 Å². The molecule has 0 aliphatic carbocycles. The van der Waals surface area contributed by atoms with E-state index in [1.54, 1.807) is 0 Å². The largest absolute Gasteiger partial charge is 0.441 e. The third-order valence-electron chi connectivity index (χ3n) is 1.49. The SMILES string of the molecule is O=C(NCCSC(F)(F)F)c1cncc(Cl)n1. The Morgan fingerprint density at radius 2 is 2.18 bits per heavy atom. The van der Waals surface area contributed by atoms with Gasteiger partial charge in [0.2, 0.25) is 0 Å². The van der Waals surface area contributed by atoms with Gasteiger partial charge in [0.15, 0.2) is 0 Å². The molecular formula is C8H7ClF3N3OS. The Bertz CT molecular complexity index is 402. The van der Waals surface area contributed by atoms with Crippen molar-refractivity contribution in [1.29, 1.82) is 0 Å². The smallest absolute Gasteiger partial charge is 0.350 e. The second-order valence-electron chi connectivity index (χ2n) is 2.78. The fourth-order valence-corrected chi connectivity index (χ4v) is 1.46. The van der Waals surface area contributed by atoms with Crippen LogP contribution in [0.1, 0.15) is 10.5 Å². The van der Waals surface area contributed by atoms with E-state index in [2.05, 4.69) is 15.3 Å². The van der Waals surface area contributed by atoms with Crippen LogP contribution in [-0.4, -0.2) is 33.7 Å². The van der Waals surface area contributed by atoms with Crippen LogP contribution in [0, 0.1) is 0 Å². The van der Waals surface area contributed by atoms with Crippen molar-refractivity contribution in [2.24, 2.45) is 0 Å². The summed E-state index contributed by atoms with van der Waals surface area (Å²) in [7, 11) is 0. The maximum atomic E-state index is 11.8. The number of hydrogen-bond acceptors (Lipinski definition) is 4. The average Bonchev–Trinajstić information content (AvgIpc) is 2.23. The van der Waals surface area contributed by atoms with E-state index in [1.165, 1.54) is 12.4 Å². The average molecular weight is 286 g/mol. The molecule has 1 heterocycles. The van der Waals surface area contributed by atoms with Crippen molar-refractivity contribution in [3.8, 4) is 0 Å². The molecule has 0 bridgehead atoms. The van der Waals surface area contributed by atoms with E-state index in [0.717, 1.165) is 0 Å². The Morgan fingerprint density at radius 3 is 2.76 bits per heavy atom. The highest BCUT2D eigenvalue weighted by Gasteiger charge is 2.27. The number of aromatic nitrogens is 2. The molecule has 1 aromatic rings. The molecule has 0 aliphatic heterocycles. The molecule has 0 saturated heterocycles. The number of halogens is 4. The minimum absolute atomic E-state index is 0.0329. The zero-order chi connectivity index (χ0) is 12.9. The van der Waals surface area contributed by atoms with Crippen molar-refractivity contribution in [3.05, 3.63) is 23.2 Å². The summed E-state index contributed by atoms with van der Waals surface area (Å²) in [5.74, 6) is -0.869. The van der Waals surface area contributed by atoms with Crippen molar-refractivity contribution in [3.63, 3.8) is 0 Å². The molecule has 0 unspecified atom stereocenters. The first-order chi connectivity index (χ1) is 7.88. The number of nitrogens with zero attached hydrogens (tertiary/aromatic N) is 2. The quantitative estimate of drug-likeness (QED) is 0.861. The first kappa shape index (κ1) is 14.0. The zero-order valence-electron chi connectivity index (χ0n) is 8.29. The molecule has 4 nitrogen and oxygen atoms in total. The minimum Gasteiger partial charge on any atom is -0.350 e. The lowest BCUT2D eigenvalue weighted by Crippen LogP contribution is -2.27. The lowest BCUT2D eigenvalue weighted by molar-refractivity contribution is -0.0327. The second-order valence-corrected chi connectivity index (χ2v) is 4.32. The van der Waals surface area contributed by atoms with E-state index < -0.39 is 11.4 Å². The van der Waals surface area contributed by atoms with Crippen LogP contribution in [0.3, 0.4) is 0 Å². The van der Waals surface area contributed by atoms with Crippen molar-refractivity contribution in [2.45, 2.75) is 5.51 Å². The van der Waals surface area contributed by atoms with Crippen molar-refractivity contribution < 1.29 is 18.0 Å². The Kier molecular flexibility index (Phi) is 5.01. The number of thioether (sulfide) groups is 1. The first-order valence-corrected chi connectivity index (χ1v) is 5.71. The summed E-state index contributed by atoms with van der Waals surface area (Å²) >= 11 is 5.30. The molecule has 0 fully saturated rings. The lowest BCUT2D eigenvalue weighted by Gasteiger charge is -2.06. The standard InChI is InChI=1S/C8H7ClF3N3OS/c9-6-4-13-3-5(15-6)7(16)14-1-2-17-8(10,11)12/h3-4H,1-2H2,(H,14,16). The number of carbonyl (C=O) groups excluding carboxylic acids is 1. The molecule has 17 heavy (non-hydrogen) atoms. The molecular weight excluding hydrogens is 279 g/mol. The van der Waals surface area contributed by atoms with Crippen LogP contribution in [0.5, 0.6) is 0 Å². The molecule has 0 radical (unpaired) electrons. The first-order valence-electron chi connectivity index (χ1n) is 4.35. The highest BCUT2D eigenvalue weighted by molar-refractivity contribution is 8.00. The fourth-order valence-electron chi connectivity index (χ4n) is 0.873. The maximum Gasteiger partial charge on any atom is 0.441 e. The summed E-state index contributed by atoms with van der Waals surface area (Å²) in [5.41, 5.74) is -4.32. The molecule has 1 rings (SSSR count). The Hall–Kier alpha value is -1.02. The van der Waals surface area contributed by atoms with Crippen LogP contribution in [0.15, 0.2) is 12.4 Å². The van der Waals surface area contributed by atoms with E-state index in [1.807, 2.05) is 0 Å². The number of alkyl halides is 3. The highest BCUT2D eigenvalue weighted by Crippen LogP contribution is 2.29. The van der Waals surface area contributed by atoms with Crippen LogP contribution in [0.4, 0.5) is 13.2 Å². The van der Waals surface area contributed by atoms with Gasteiger partial charge >= 0.3 is 5.51 Å². The van der Waals surface area contributed by atoms with E-state index in [9.17, 15) is 18.0 Å². The summed E-state index contributed by atoms with van der Waals surface area (Å²) in [6.45, 7) is -0.114. The molecule has 1 amide bonds. The lowest BCUT2D eigenvalue weighted by atomic mass is 10.4. The van der Waals surface area contributed by atoms with Gasteiger partial charge in [0, 0.05) is 12.3 Å². The Balaban J connectivity index is 2.36. The number of carbonyl (C=O) groups is 1. The molecule has 94 valence electrons. The van der Waals surface area contributed by atoms with Crippen LogP contribution < -0.4 is 5.32 Å². The van der Waals surface area contributed by atoms with Crippen LogP contribution in [0.25, 0.3) is 0 Å². The van der Waals surface area contributed by atoms with Gasteiger partial charge in [-0.05, 0) is 11.8 Å². The summed E-state index contributed by atoms with van der Waals surface area (Å²) < 4.78 is 35.3. The Morgan fingerprint density at radius 1 is 1.47 bits per heavy atom. The van der Waals surface area contributed by atoms with E-state index in [0.29, 0.717) is 0 Å². The highest BCUT2D eigenvalue weighted by atomic mass is 35.5. The minimum atomic E-state index is -4.29. The van der Waals surface area contributed by atoms with Gasteiger partial charge in [-0.15, -0.1) is 0 Å². The van der Waals surface area contributed by atoms with Gasteiger partial charge in [0.05, 0.1) is 12.4 Å². The normalized spacial score (nSPS) is 11.3. The zero-order valence-corrected chi connectivity index (χ0v) is 9.86. The van der Waals surface area contributed by atoms with Crippen LogP contribution in [-0.2, 0) is 0 Å². The predicted molar refractivity (Wildman–Crippen MR) is 57.9 cm³/mol. The van der Waals surface area contributed by atoms with Gasteiger partial charge in [-0.3, -0.25) is 9.78 Å². The summed E-state index contributed by atoms with van der Waals surface area (Å²) in [4.78, 5) is 18.7. The van der Waals surface area contributed by atoms with Crippen molar-refractivity contribution >= 4 is 29.3 Å². The molecule has 1 aromatic heterocycles. The number of rotatable bonds is 4. The van der Waals surface area contributed by atoms with Gasteiger partial charge in [-0.25, -0.2) is 4.98 Å². The molecule has 1 N–H and O–H groups in total. The van der Waals surface area contributed by atoms with E-state index >= 15 is 0 Å². The molecule has 0 atom stereocenters. The summed E-state index contributed by atoms with van der Waals surface area (Å²) in [5, 5.41) is 2.32. The maximum absolute atomic E-state index is 11.8. The number of nitrogens with one attached hydrogen (secondary N) is 1. The molecule has 0 saturated carbocycles. The van der Waals surface area contributed by atoms with E-state index in [4.69, 9.17) is 11.6 Å². The van der Waals surface area contributed by atoms with Gasteiger partial charge in [-0.1, -0.05) is 11.6 Å². The second kappa shape index (κ2) is 6.06. The van der Waals surface area contributed by atoms with Crippen molar-refractivity contribution in [1.82, 2.24) is 15.3 Å². The van der Waals surface area contributed by atoms with Crippen LogP contribution in [0.2, 0.25) is 5.15 Å². The third-order valence-corrected chi connectivity index (χ3v) is 2.41. The Labute approximate surface area is 104 Å². The fraction of sp³-hybridized carbons (Fsp3) is 0.375. The van der Waals surface area contributed by atoms with E-state index in [-0.39, 0.29) is 34.9 Å². The monoisotopic (exact) mass is 285 g/mol. The van der Waals surface area contributed by atoms with Gasteiger partial charge in [-0.2, -0.15) is 13.2 Å². The number of amides is 1. The molecule has 0 aliphatic rings. The summed E-state index contributed by atoms with van der Waals surface area (Å²) in [6.07, 6.45) is 2.43. The third kappa shape index (κ3) is 5.73. The summed E-state index contributed by atoms with van der Waals surface area (Å²) in [6, 6.07) is 0. The predicted octanol–water partition coefficient (Wildman–Crippen LogP) is 2.11. The topological polar surface area (TPSA) is 54.9 Å². The van der Waals surface area contributed by atoms with Gasteiger partial charge in [0.25, 0.3) is 5.91 Å². The van der Waals surface area contributed by atoms with Crippen molar-refractivity contribution in [2.75, 3.05) is 12.3 Å². The molecule has 0 spiro atoms.